The molecule has 1 aliphatic heterocycles. The van der Waals surface area contributed by atoms with Crippen LogP contribution in [0.2, 0.25) is 0 Å². The zero-order valence-corrected chi connectivity index (χ0v) is 16.8. The lowest BCUT2D eigenvalue weighted by molar-refractivity contribution is -0.122. The number of rotatable bonds is 7. The summed E-state index contributed by atoms with van der Waals surface area (Å²) in [6.07, 6.45) is 4.75. The Labute approximate surface area is 162 Å². The van der Waals surface area contributed by atoms with Crippen LogP contribution < -0.4 is 5.32 Å². The fraction of sp³-hybridized carbons (Fsp3) is 0.522. The van der Waals surface area contributed by atoms with Crippen LogP contribution in [-0.2, 0) is 11.2 Å². The molecule has 4 heteroatoms. The molecule has 0 spiro atoms. The molecule has 4 nitrogen and oxygen atoms in total. The number of likely N-dealkylation sites (tertiary alicyclic amines) is 1. The highest BCUT2D eigenvalue weighted by molar-refractivity contribution is 5.84. The molecule has 1 N–H and O–H groups in total. The van der Waals surface area contributed by atoms with Crippen LogP contribution in [0.3, 0.4) is 0 Å². The average molecular weight is 369 g/mol. The normalized spacial score (nSPS) is 18.2. The summed E-state index contributed by atoms with van der Waals surface area (Å²) in [5, 5.41) is 3.19. The molecule has 1 aromatic heterocycles. The van der Waals surface area contributed by atoms with Gasteiger partial charge in [-0.15, -0.1) is 0 Å². The minimum atomic E-state index is -0.231. The molecule has 1 saturated heterocycles. The van der Waals surface area contributed by atoms with E-state index in [9.17, 15) is 4.79 Å². The average Bonchev–Trinajstić information content (AvgIpc) is 3.18. The lowest BCUT2D eigenvalue weighted by atomic mass is 9.93. The van der Waals surface area contributed by atoms with Crippen molar-refractivity contribution in [3.05, 3.63) is 59.5 Å². The fourth-order valence-corrected chi connectivity index (χ4v) is 3.76. The number of carbonyl (C=O) groups excluding carboxylic acids is 1. The molecule has 1 amide bonds. The topological polar surface area (TPSA) is 45.5 Å². The van der Waals surface area contributed by atoms with E-state index in [4.69, 9.17) is 4.42 Å². The van der Waals surface area contributed by atoms with Gasteiger partial charge in [0.1, 0.15) is 5.76 Å². The Hall–Kier alpha value is -2.07. The quantitative estimate of drug-likeness (QED) is 0.798. The summed E-state index contributed by atoms with van der Waals surface area (Å²) in [7, 11) is 0. The molecular formula is C23H32N2O2. The minimum absolute atomic E-state index is 0.0764. The molecule has 27 heavy (non-hydrogen) atoms. The first-order valence-electron chi connectivity index (χ1n) is 10.1. The largest absolute Gasteiger partial charge is 0.469 e. The van der Waals surface area contributed by atoms with Gasteiger partial charge in [-0.25, -0.2) is 0 Å². The summed E-state index contributed by atoms with van der Waals surface area (Å²) in [4.78, 5) is 15.5. The second-order valence-corrected chi connectivity index (χ2v) is 8.06. The zero-order valence-electron chi connectivity index (χ0n) is 16.8. The number of nitrogens with one attached hydrogen (secondary N) is 1. The highest BCUT2D eigenvalue weighted by Crippen LogP contribution is 2.23. The van der Waals surface area contributed by atoms with Gasteiger partial charge in [0.2, 0.25) is 5.91 Å². The summed E-state index contributed by atoms with van der Waals surface area (Å²) in [6.45, 7) is 9.55. The molecular weight excluding hydrogens is 336 g/mol. The molecule has 2 aromatic rings. The van der Waals surface area contributed by atoms with E-state index in [2.05, 4.69) is 55.3 Å². The number of piperidine rings is 1. The predicted octanol–water partition coefficient (Wildman–Crippen LogP) is 4.15. The van der Waals surface area contributed by atoms with Crippen molar-refractivity contribution in [2.45, 2.75) is 52.0 Å². The lowest BCUT2D eigenvalue weighted by Crippen LogP contribution is -2.46. The Balaban J connectivity index is 1.62. The monoisotopic (exact) mass is 368 g/mol. The lowest BCUT2D eigenvalue weighted by Gasteiger charge is -2.35. The number of amides is 1. The van der Waals surface area contributed by atoms with Gasteiger partial charge < -0.3 is 9.73 Å². The Bertz CT molecular complexity index is 700. The maximum Gasteiger partial charge on any atom is 0.228 e. The van der Waals surface area contributed by atoms with Crippen LogP contribution in [0.4, 0.5) is 0 Å². The smallest absolute Gasteiger partial charge is 0.228 e. The first-order chi connectivity index (χ1) is 13.0. The van der Waals surface area contributed by atoms with Crippen molar-refractivity contribution in [1.82, 2.24) is 10.2 Å². The van der Waals surface area contributed by atoms with Crippen molar-refractivity contribution in [2.75, 3.05) is 19.6 Å². The number of hydrogen-bond donors (Lipinski definition) is 1. The maximum atomic E-state index is 13.0. The van der Waals surface area contributed by atoms with Crippen molar-refractivity contribution < 1.29 is 9.21 Å². The number of carbonyl (C=O) groups is 1. The van der Waals surface area contributed by atoms with Gasteiger partial charge in [-0.3, -0.25) is 9.69 Å². The summed E-state index contributed by atoms with van der Waals surface area (Å²) in [5.41, 5.74) is 2.23. The van der Waals surface area contributed by atoms with Crippen LogP contribution in [0, 0.1) is 12.8 Å². The first-order valence-corrected chi connectivity index (χ1v) is 10.1. The Morgan fingerprint density at radius 3 is 2.56 bits per heavy atom. The van der Waals surface area contributed by atoms with Gasteiger partial charge in [0.15, 0.2) is 0 Å². The third-order valence-corrected chi connectivity index (χ3v) is 5.79. The number of furan rings is 1. The van der Waals surface area contributed by atoms with Gasteiger partial charge in [0.05, 0.1) is 12.2 Å². The van der Waals surface area contributed by atoms with E-state index in [1.165, 1.54) is 18.4 Å². The maximum absolute atomic E-state index is 13.0. The van der Waals surface area contributed by atoms with Crippen LogP contribution in [0.25, 0.3) is 0 Å². The van der Waals surface area contributed by atoms with E-state index in [0.717, 1.165) is 30.3 Å². The molecule has 1 aromatic carbocycles. The van der Waals surface area contributed by atoms with E-state index in [1.54, 1.807) is 6.26 Å². The van der Waals surface area contributed by atoms with Crippen molar-refractivity contribution in [3.8, 4) is 0 Å². The van der Waals surface area contributed by atoms with Crippen molar-refractivity contribution in [3.63, 3.8) is 0 Å². The van der Waals surface area contributed by atoms with Gasteiger partial charge in [-0.1, -0.05) is 36.8 Å². The predicted molar refractivity (Wildman–Crippen MR) is 109 cm³/mol. The number of nitrogens with zero attached hydrogens (tertiary/aromatic N) is 1. The molecule has 0 saturated carbocycles. The molecule has 146 valence electrons. The van der Waals surface area contributed by atoms with E-state index in [-0.39, 0.29) is 11.8 Å². The van der Waals surface area contributed by atoms with E-state index in [1.807, 2.05) is 12.1 Å². The van der Waals surface area contributed by atoms with Crippen LogP contribution in [-0.4, -0.2) is 36.5 Å². The number of benzene rings is 1. The summed E-state index contributed by atoms with van der Waals surface area (Å²) >= 11 is 0. The van der Waals surface area contributed by atoms with E-state index < -0.39 is 0 Å². The Morgan fingerprint density at radius 1 is 1.22 bits per heavy atom. The van der Waals surface area contributed by atoms with Gasteiger partial charge in [0, 0.05) is 19.0 Å². The van der Waals surface area contributed by atoms with Crippen LogP contribution in [0.15, 0.2) is 47.1 Å². The highest BCUT2D eigenvalue weighted by atomic mass is 16.3. The van der Waals surface area contributed by atoms with Crippen LogP contribution in [0.5, 0.6) is 0 Å². The molecule has 1 aliphatic rings. The van der Waals surface area contributed by atoms with Crippen LogP contribution in [0.1, 0.15) is 49.5 Å². The summed E-state index contributed by atoms with van der Waals surface area (Å²) < 4.78 is 5.50. The summed E-state index contributed by atoms with van der Waals surface area (Å²) in [5.74, 6) is 1.51. The number of aryl methyl sites for hydroxylation is 1. The van der Waals surface area contributed by atoms with Gasteiger partial charge in [-0.05, 0) is 63.4 Å². The second kappa shape index (κ2) is 9.23. The van der Waals surface area contributed by atoms with Gasteiger partial charge >= 0.3 is 0 Å². The van der Waals surface area contributed by atoms with Crippen LogP contribution >= 0.6 is 0 Å². The zero-order chi connectivity index (χ0) is 19.2. The molecule has 2 unspecified atom stereocenters. The molecule has 0 radical (unpaired) electrons. The second-order valence-electron chi connectivity index (χ2n) is 8.06. The molecule has 1 fully saturated rings. The van der Waals surface area contributed by atoms with Gasteiger partial charge in [-0.2, -0.15) is 0 Å². The SMILES string of the molecule is Cc1ccc(C(Cc2ccco2)C(=O)NCC(C)N2CCC(C)CC2)cc1. The number of hydrogen-bond acceptors (Lipinski definition) is 3. The summed E-state index contributed by atoms with van der Waals surface area (Å²) in [6, 6.07) is 12.4. The third kappa shape index (κ3) is 5.46. The van der Waals surface area contributed by atoms with Gasteiger partial charge in [0.25, 0.3) is 0 Å². The standard InChI is InChI=1S/C23H32N2O2/c1-17-6-8-20(9-7-17)22(15-21-5-4-14-27-21)23(26)24-16-19(3)25-12-10-18(2)11-13-25/h4-9,14,18-19,22H,10-13,15-16H2,1-3H3,(H,24,26). The molecule has 0 aliphatic carbocycles. The van der Waals surface area contributed by atoms with E-state index in [0.29, 0.717) is 19.0 Å². The fourth-order valence-electron chi connectivity index (χ4n) is 3.76. The highest BCUT2D eigenvalue weighted by Gasteiger charge is 2.25. The van der Waals surface area contributed by atoms with Crippen molar-refractivity contribution in [2.24, 2.45) is 5.92 Å². The molecule has 2 heterocycles. The minimum Gasteiger partial charge on any atom is -0.469 e. The Kier molecular flexibility index (Phi) is 6.73. The molecule has 0 bridgehead atoms. The third-order valence-electron chi connectivity index (χ3n) is 5.79. The molecule has 2 atom stereocenters. The first kappa shape index (κ1) is 19.7. The van der Waals surface area contributed by atoms with E-state index >= 15 is 0 Å². The van der Waals surface area contributed by atoms with Crippen molar-refractivity contribution >= 4 is 5.91 Å². The van der Waals surface area contributed by atoms with Crippen molar-refractivity contribution in [1.29, 1.82) is 0 Å². The Morgan fingerprint density at radius 2 is 1.93 bits per heavy atom. The molecule has 3 rings (SSSR count).